The molecule has 0 atom stereocenters. The van der Waals surface area contributed by atoms with Crippen LogP contribution >= 0.6 is 12.2 Å². The predicted octanol–water partition coefficient (Wildman–Crippen LogP) is 7.61. The van der Waals surface area contributed by atoms with Gasteiger partial charge in [0, 0.05) is 67.1 Å². The monoisotopic (exact) mass is 779 g/mol. The number of rotatable bonds is 10. The van der Waals surface area contributed by atoms with E-state index in [2.05, 4.69) is 32.0 Å². The number of thiocarbonyl (C=S) groups is 1. The number of benzene rings is 3. The lowest BCUT2D eigenvalue weighted by Gasteiger charge is -2.36. The number of fused-ring (bicyclic) bond motifs is 1. The number of anilines is 5. The lowest BCUT2D eigenvalue weighted by molar-refractivity contribution is -0.137. The van der Waals surface area contributed by atoms with Crippen molar-refractivity contribution in [3.05, 3.63) is 109 Å². The molecule has 11 nitrogen and oxygen atoms in total. The number of nitriles is 1. The van der Waals surface area contributed by atoms with Gasteiger partial charge in [0.15, 0.2) is 5.11 Å². The van der Waals surface area contributed by atoms with Crippen molar-refractivity contribution >= 4 is 68.6 Å². The number of carbonyl (C=O) groups is 2. The quantitative estimate of drug-likeness (QED) is 0.124. The van der Waals surface area contributed by atoms with E-state index in [1.807, 2.05) is 48.5 Å². The van der Waals surface area contributed by atoms with E-state index in [0.29, 0.717) is 17.1 Å². The Morgan fingerprint density at radius 1 is 0.946 bits per heavy atom. The molecule has 3 aromatic carbocycles. The Morgan fingerprint density at radius 2 is 1.66 bits per heavy atom. The normalized spacial score (nSPS) is 17.5. The minimum atomic E-state index is -4.77. The zero-order valence-electron chi connectivity index (χ0n) is 30.9. The van der Waals surface area contributed by atoms with E-state index in [0.717, 1.165) is 91.4 Å². The fourth-order valence-electron chi connectivity index (χ4n) is 7.23. The molecular formula is C41H40F3N9O2S. The fraction of sp³-hybridized carbons (Fsp3) is 0.293. The zero-order chi connectivity index (χ0) is 39.8. The number of alkyl halides is 3. The van der Waals surface area contributed by atoms with Crippen molar-refractivity contribution in [2.24, 2.45) is 0 Å². The maximum atomic E-state index is 13.7. The van der Waals surface area contributed by atoms with Gasteiger partial charge in [-0.1, -0.05) is 6.58 Å². The van der Waals surface area contributed by atoms with Crippen molar-refractivity contribution in [1.82, 2.24) is 15.2 Å². The first-order valence-corrected chi connectivity index (χ1v) is 18.6. The second-order valence-electron chi connectivity index (χ2n) is 14.4. The van der Waals surface area contributed by atoms with Crippen LogP contribution in [0.2, 0.25) is 0 Å². The van der Waals surface area contributed by atoms with Gasteiger partial charge in [-0.15, -0.1) is 0 Å². The van der Waals surface area contributed by atoms with E-state index in [9.17, 15) is 28.0 Å². The summed E-state index contributed by atoms with van der Waals surface area (Å²) >= 11 is 5.69. The van der Waals surface area contributed by atoms with Gasteiger partial charge in [-0.05, 0) is 118 Å². The first kappa shape index (κ1) is 38.3. The Bertz CT molecular complexity index is 2280. The average Bonchev–Trinajstić information content (AvgIpc) is 3.35. The maximum Gasteiger partial charge on any atom is 0.417 e. The molecule has 3 aliphatic rings. The van der Waals surface area contributed by atoms with E-state index in [1.54, 1.807) is 43.3 Å². The van der Waals surface area contributed by atoms with E-state index in [-0.39, 0.29) is 16.8 Å². The number of amides is 3. The molecule has 2 fully saturated rings. The molecule has 0 radical (unpaired) electrons. The molecule has 2 N–H and O–H groups in total. The summed E-state index contributed by atoms with van der Waals surface area (Å²) in [6, 6.07) is 20.2. The molecule has 0 unspecified atom stereocenters. The Morgan fingerprint density at radius 3 is 2.36 bits per heavy atom. The van der Waals surface area contributed by atoms with Gasteiger partial charge in [0.1, 0.15) is 5.54 Å². The number of carbonyl (C=O) groups excluding carboxylic acids is 2. The number of unbranched alkanes of at least 4 members (excludes halogenated alkanes) is 1. The van der Waals surface area contributed by atoms with Gasteiger partial charge < -0.3 is 20.4 Å². The predicted molar refractivity (Wildman–Crippen MR) is 217 cm³/mol. The molecule has 0 spiro atoms. The van der Waals surface area contributed by atoms with Crippen LogP contribution in [-0.4, -0.2) is 71.7 Å². The number of hydrogen-bond donors (Lipinski definition) is 2. The fourth-order valence-corrected chi connectivity index (χ4v) is 7.75. The standard InChI is InChI=1S/C41H40F3N9O2S/c1-27-14-17-51(38(55)48-27)34-23-29-22-30(7-13-36(29)47-26-34)46-15-4-5-16-49-18-20-50(21-19-49)31-9-11-32(12-10-31)53-39(56)52(37(54)40(53,2)3)33-8-6-28(25-45)35(24-33)41(42,43)44/h6-14,17,22-24,26,46H,1,4-5,15-16,18-21H2,2-3H3,(H,48,55). The minimum absolute atomic E-state index is 0.0402. The third-order valence-electron chi connectivity index (χ3n) is 10.3. The number of aromatic nitrogens is 1. The SMILES string of the molecule is C=C1C=CN(c2cnc3ccc(NCCCCN4CCN(c5ccc(N6C(=S)N(c7ccc(C#N)c(C(F)(F)F)c7)C(=O)C6(C)C)cc5)CC4)cc3c2)C(=O)N1. The van der Waals surface area contributed by atoms with E-state index in [4.69, 9.17) is 12.2 Å². The molecule has 4 heterocycles. The van der Waals surface area contributed by atoms with Crippen molar-refractivity contribution in [2.45, 2.75) is 38.4 Å². The topological polar surface area (TPSA) is 111 Å². The molecular weight excluding hydrogens is 740 g/mol. The highest BCUT2D eigenvalue weighted by molar-refractivity contribution is 7.81. The van der Waals surface area contributed by atoms with Crippen LogP contribution in [0, 0.1) is 11.3 Å². The maximum absolute atomic E-state index is 13.7. The molecule has 3 aliphatic heterocycles. The molecule has 2 saturated heterocycles. The van der Waals surface area contributed by atoms with E-state index < -0.39 is 28.7 Å². The van der Waals surface area contributed by atoms with Crippen molar-refractivity contribution in [3.63, 3.8) is 0 Å². The molecule has 4 aromatic rings. The van der Waals surface area contributed by atoms with Crippen molar-refractivity contribution in [3.8, 4) is 6.07 Å². The number of nitrogens with one attached hydrogen (secondary N) is 2. The van der Waals surface area contributed by atoms with E-state index in [1.165, 1.54) is 11.0 Å². The van der Waals surface area contributed by atoms with Gasteiger partial charge in [0.2, 0.25) is 0 Å². The first-order valence-electron chi connectivity index (χ1n) is 18.2. The van der Waals surface area contributed by atoms with Crippen LogP contribution in [0.5, 0.6) is 0 Å². The number of nitrogens with zero attached hydrogens (tertiary/aromatic N) is 7. The number of urea groups is 1. The van der Waals surface area contributed by atoms with Gasteiger partial charge in [-0.25, -0.2) is 4.79 Å². The lowest BCUT2D eigenvalue weighted by Crippen LogP contribution is -2.46. The van der Waals surface area contributed by atoms with Gasteiger partial charge in [-0.3, -0.25) is 24.5 Å². The summed E-state index contributed by atoms with van der Waals surface area (Å²) < 4.78 is 41.2. The van der Waals surface area contributed by atoms with Crippen LogP contribution in [0.4, 0.5) is 46.4 Å². The van der Waals surface area contributed by atoms with Gasteiger partial charge in [-0.2, -0.15) is 18.4 Å². The summed E-state index contributed by atoms with van der Waals surface area (Å²) in [5.41, 5.74) is 1.90. The average molecular weight is 780 g/mol. The number of allylic oxidation sites excluding steroid dienone is 1. The van der Waals surface area contributed by atoms with Gasteiger partial charge in [0.05, 0.1) is 40.3 Å². The summed E-state index contributed by atoms with van der Waals surface area (Å²) in [4.78, 5) is 39.6. The van der Waals surface area contributed by atoms with E-state index >= 15 is 0 Å². The van der Waals surface area contributed by atoms with Crippen molar-refractivity contribution in [2.75, 3.05) is 64.2 Å². The second kappa shape index (κ2) is 15.3. The molecule has 3 amide bonds. The number of piperazine rings is 1. The second-order valence-corrected chi connectivity index (χ2v) is 14.7. The summed E-state index contributed by atoms with van der Waals surface area (Å²) in [7, 11) is 0. The van der Waals surface area contributed by atoms with Crippen molar-refractivity contribution in [1.29, 1.82) is 5.26 Å². The first-order chi connectivity index (χ1) is 26.7. The lowest BCUT2D eigenvalue weighted by atomic mass is 10.0. The Hall–Kier alpha value is -5.98. The summed E-state index contributed by atoms with van der Waals surface area (Å²) in [5.74, 6) is -0.465. The summed E-state index contributed by atoms with van der Waals surface area (Å²) in [6.45, 7) is 12.5. The largest absolute Gasteiger partial charge is 0.417 e. The number of pyridine rings is 1. The van der Waals surface area contributed by atoms with Gasteiger partial charge in [0.25, 0.3) is 5.91 Å². The van der Waals surface area contributed by atoms with Crippen LogP contribution in [0.25, 0.3) is 10.9 Å². The Kier molecular flexibility index (Phi) is 10.4. The molecule has 0 aliphatic carbocycles. The highest BCUT2D eigenvalue weighted by Crippen LogP contribution is 2.40. The molecule has 0 bridgehead atoms. The van der Waals surface area contributed by atoms with Crippen LogP contribution in [0.3, 0.4) is 0 Å². The Labute approximate surface area is 328 Å². The van der Waals surface area contributed by atoms with Crippen LogP contribution in [-0.2, 0) is 11.0 Å². The third-order valence-corrected chi connectivity index (χ3v) is 10.7. The van der Waals surface area contributed by atoms with Crippen molar-refractivity contribution < 1.29 is 22.8 Å². The van der Waals surface area contributed by atoms with Gasteiger partial charge >= 0.3 is 12.2 Å². The minimum Gasteiger partial charge on any atom is -0.385 e. The highest BCUT2D eigenvalue weighted by atomic mass is 32.1. The van der Waals surface area contributed by atoms with Crippen LogP contribution in [0.15, 0.2) is 97.5 Å². The van der Waals surface area contributed by atoms with Crippen LogP contribution in [0.1, 0.15) is 37.8 Å². The summed E-state index contributed by atoms with van der Waals surface area (Å²) in [5, 5.41) is 16.4. The number of halogens is 3. The zero-order valence-corrected chi connectivity index (χ0v) is 31.8. The highest BCUT2D eigenvalue weighted by Gasteiger charge is 2.50. The molecule has 288 valence electrons. The smallest absolute Gasteiger partial charge is 0.385 e. The van der Waals surface area contributed by atoms with Crippen LogP contribution < -0.4 is 30.2 Å². The molecule has 15 heteroatoms. The molecule has 1 aromatic heterocycles. The third kappa shape index (κ3) is 7.62. The summed E-state index contributed by atoms with van der Waals surface area (Å²) in [6.07, 6.45) is 2.38. The molecule has 7 rings (SSSR count). The Balaban J connectivity index is 0.892. The molecule has 0 saturated carbocycles. The number of hydrogen-bond acceptors (Lipinski definition) is 8. The molecule has 56 heavy (non-hydrogen) atoms.